The second-order valence-corrected chi connectivity index (χ2v) is 2.31. The molecule has 13 heavy (non-hydrogen) atoms. The van der Waals surface area contributed by atoms with Crippen molar-refractivity contribution in [3.63, 3.8) is 0 Å². The van der Waals surface area contributed by atoms with Gasteiger partial charge in [-0.05, 0) is 6.07 Å². The maximum absolute atomic E-state index is 12.8. The number of methoxy groups -OCH3 is 1. The van der Waals surface area contributed by atoms with Gasteiger partial charge in [-0.25, -0.2) is 17.6 Å². The van der Waals surface area contributed by atoms with E-state index in [0.717, 1.165) is 7.11 Å². The number of rotatable bonds is 2. The van der Waals surface area contributed by atoms with Crippen LogP contribution in [0.15, 0.2) is 12.1 Å². The summed E-state index contributed by atoms with van der Waals surface area (Å²) in [5.74, 6) is -2.79. The first kappa shape index (κ1) is 9.83. The molecule has 0 spiro atoms. The van der Waals surface area contributed by atoms with Gasteiger partial charge in [0, 0.05) is 6.07 Å². The molecule has 0 amide bonds. The molecule has 1 nitrogen and oxygen atoms in total. The lowest BCUT2D eigenvalue weighted by Crippen LogP contribution is -1.97. The van der Waals surface area contributed by atoms with Crippen molar-refractivity contribution in [2.45, 2.75) is 6.43 Å². The van der Waals surface area contributed by atoms with E-state index in [4.69, 9.17) is 0 Å². The van der Waals surface area contributed by atoms with Gasteiger partial charge in [0.1, 0.15) is 5.82 Å². The number of hydrogen-bond acceptors (Lipinski definition) is 1. The van der Waals surface area contributed by atoms with Gasteiger partial charge < -0.3 is 4.74 Å². The minimum Gasteiger partial charge on any atom is -0.493 e. The standard InChI is InChI=1S/C8H6F4O/c1-13-7-5(8(11)12)2-4(9)3-6(7)10/h2-3,8H,1H3. The van der Waals surface area contributed by atoms with Crippen LogP contribution >= 0.6 is 0 Å². The number of halogens is 4. The topological polar surface area (TPSA) is 9.23 Å². The third-order valence-electron chi connectivity index (χ3n) is 1.48. The zero-order valence-electron chi connectivity index (χ0n) is 6.65. The lowest BCUT2D eigenvalue weighted by Gasteiger charge is -2.08. The normalized spacial score (nSPS) is 10.6. The quantitative estimate of drug-likeness (QED) is 0.657. The molecule has 0 saturated heterocycles. The number of alkyl halides is 2. The zero-order valence-corrected chi connectivity index (χ0v) is 6.65. The largest absolute Gasteiger partial charge is 0.493 e. The second-order valence-electron chi connectivity index (χ2n) is 2.31. The molecule has 1 aromatic carbocycles. The third-order valence-corrected chi connectivity index (χ3v) is 1.48. The summed E-state index contributed by atoms with van der Waals surface area (Å²) in [5, 5.41) is 0. The predicted molar refractivity (Wildman–Crippen MR) is 37.9 cm³/mol. The SMILES string of the molecule is COc1c(F)cc(F)cc1C(F)F. The summed E-state index contributed by atoms with van der Waals surface area (Å²) in [4.78, 5) is 0. The molecule has 0 saturated carbocycles. The molecule has 0 fully saturated rings. The monoisotopic (exact) mass is 194 g/mol. The maximum atomic E-state index is 12.8. The molecule has 0 N–H and O–H groups in total. The highest BCUT2D eigenvalue weighted by atomic mass is 19.3. The van der Waals surface area contributed by atoms with Crippen molar-refractivity contribution in [1.29, 1.82) is 0 Å². The van der Waals surface area contributed by atoms with Crippen molar-refractivity contribution in [1.82, 2.24) is 0 Å². The van der Waals surface area contributed by atoms with Crippen LogP contribution in [0.25, 0.3) is 0 Å². The Kier molecular flexibility index (Phi) is 2.75. The Labute approximate surface area is 71.9 Å². The third kappa shape index (κ3) is 1.91. The van der Waals surface area contributed by atoms with Gasteiger partial charge in [0.05, 0.1) is 12.7 Å². The van der Waals surface area contributed by atoms with Crippen LogP contribution in [0.4, 0.5) is 17.6 Å². The molecule has 0 bridgehead atoms. The Morgan fingerprint density at radius 3 is 2.31 bits per heavy atom. The van der Waals surface area contributed by atoms with Gasteiger partial charge >= 0.3 is 0 Å². The highest BCUT2D eigenvalue weighted by molar-refractivity contribution is 5.36. The molecule has 1 aromatic rings. The smallest absolute Gasteiger partial charge is 0.267 e. The van der Waals surface area contributed by atoms with E-state index in [1.54, 1.807) is 0 Å². The van der Waals surface area contributed by atoms with Crippen molar-refractivity contribution in [2.24, 2.45) is 0 Å². The van der Waals surface area contributed by atoms with Crippen molar-refractivity contribution in [3.8, 4) is 5.75 Å². The molecule has 0 aliphatic carbocycles. The van der Waals surface area contributed by atoms with E-state index < -0.39 is 29.4 Å². The van der Waals surface area contributed by atoms with Crippen LogP contribution in [-0.4, -0.2) is 7.11 Å². The summed E-state index contributed by atoms with van der Waals surface area (Å²) in [6.45, 7) is 0. The summed E-state index contributed by atoms with van der Waals surface area (Å²) in [5.41, 5.74) is -0.778. The molecule has 0 radical (unpaired) electrons. The van der Waals surface area contributed by atoms with Gasteiger partial charge in [0.15, 0.2) is 11.6 Å². The molecule has 5 heteroatoms. The summed E-state index contributed by atoms with van der Waals surface area (Å²) in [7, 11) is 1.04. The molecule has 0 heterocycles. The first-order chi connectivity index (χ1) is 6.06. The molecule has 1 rings (SSSR count). The predicted octanol–water partition coefficient (Wildman–Crippen LogP) is 2.91. The fourth-order valence-electron chi connectivity index (χ4n) is 0.958. The highest BCUT2D eigenvalue weighted by Crippen LogP contribution is 2.31. The van der Waals surface area contributed by atoms with E-state index >= 15 is 0 Å². The van der Waals surface area contributed by atoms with Crippen LogP contribution in [0.5, 0.6) is 5.75 Å². The Balaban J connectivity index is 3.29. The summed E-state index contributed by atoms with van der Waals surface area (Å²) < 4.78 is 53.9. The molecule has 0 aliphatic rings. The number of hydrogen-bond donors (Lipinski definition) is 0. The van der Waals surface area contributed by atoms with Gasteiger partial charge in [0.2, 0.25) is 0 Å². The van der Waals surface area contributed by atoms with E-state index in [1.807, 2.05) is 0 Å². The van der Waals surface area contributed by atoms with Gasteiger partial charge in [-0.15, -0.1) is 0 Å². The molecular formula is C8H6F4O. The van der Waals surface area contributed by atoms with Crippen molar-refractivity contribution >= 4 is 0 Å². The van der Waals surface area contributed by atoms with Crippen molar-refractivity contribution in [2.75, 3.05) is 7.11 Å². The van der Waals surface area contributed by atoms with Crippen LogP contribution in [0.3, 0.4) is 0 Å². The van der Waals surface area contributed by atoms with Crippen LogP contribution < -0.4 is 4.74 Å². The van der Waals surface area contributed by atoms with Crippen LogP contribution in [0.2, 0.25) is 0 Å². The fraction of sp³-hybridized carbons (Fsp3) is 0.250. The fourth-order valence-corrected chi connectivity index (χ4v) is 0.958. The van der Waals surface area contributed by atoms with Gasteiger partial charge in [-0.1, -0.05) is 0 Å². The first-order valence-corrected chi connectivity index (χ1v) is 3.37. The molecule has 0 aromatic heterocycles. The van der Waals surface area contributed by atoms with Crippen LogP contribution in [-0.2, 0) is 0 Å². The van der Waals surface area contributed by atoms with Gasteiger partial charge in [0.25, 0.3) is 6.43 Å². The lowest BCUT2D eigenvalue weighted by atomic mass is 10.2. The lowest BCUT2D eigenvalue weighted by molar-refractivity contribution is 0.145. The van der Waals surface area contributed by atoms with E-state index in [-0.39, 0.29) is 0 Å². The van der Waals surface area contributed by atoms with Crippen molar-refractivity contribution < 1.29 is 22.3 Å². The van der Waals surface area contributed by atoms with E-state index in [9.17, 15) is 17.6 Å². The summed E-state index contributed by atoms with van der Waals surface area (Å²) in [6.07, 6.45) is -2.96. The molecule has 0 atom stereocenters. The molecule has 0 aliphatic heterocycles. The molecule has 0 unspecified atom stereocenters. The number of ether oxygens (including phenoxy) is 1. The van der Waals surface area contributed by atoms with E-state index in [2.05, 4.69) is 4.74 Å². The summed E-state index contributed by atoms with van der Waals surface area (Å²) in [6, 6.07) is 1.04. The summed E-state index contributed by atoms with van der Waals surface area (Å²) >= 11 is 0. The van der Waals surface area contributed by atoms with Gasteiger partial charge in [-0.2, -0.15) is 0 Å². The van der Waals surface area contributed by atoms with Gasteiger partial charge in [-0.3, -0.25) is 0 Å². The zero-order chi connectivity index (χ0) is 10.0. The minimum atomic E-state index is -2.96. The Bertz CT molecular complexity index is 311. The first-order valence-electron chi connectivity index (χ1n) is 3.37. The highest BCUT2D eigenvalue weighted by Gasteiger charge is 2.18. The second kappa shape index (κ2) is 3.64. The van der Waals surface area contributed by atoms with E-state index in [0.29, 0.717) is 12.1 Å². The minimum absolute atomic E-state index is 0.491. The Morgan fingerprint density at radius 1 is 1.23 bits per heavy atom. The van der Waals surface area contributed by atoms with Crippen LogP contribution in [0.1, 0.15) is 12.0 Å². The maximum Gasteiger partial charge on any atom is 0.267 e. The van der Waals surface area contributed by atoms with Crippen molar-refractivity contribution in [3.05, 3.63) is 29.3 Å². The average Bonchev–Trinajstić information content (AvgIpc) is 2.02. The number of benzene rings is 1. The molecule has 72 valence electrons. The van der Waals surface area contributed by atoms with Crippen LogP contribution in [0, 0.1) is 11.6 Å². The average molecular weight is 194 g/mol. The van der Waals surface area contributed by atoms with E-state index in [1.165, 1.54) is 0 Å². The Morgan fingerprint density at radius 2 is 1.85 bits per heavy atom. The molecular weight excluding hydrogens is 188 g/mol. The Hall–Kier alpha value is -1.26.